The van der Waals surface area contributed by atoms with Crippen LogP contribution < -0.4 is 15.9 Å². The van der Waals surface area contributed by atoms with E-state index in [1.54, 1.807) is 21.1 Å². The molecule has 0 saturated carbocycles. The molecule has 0 amide bonds. The van der Waals surface area contributed by atoms with Gasteiger partial charge in [-0.1, -0.05) is 37.6 Å². The molecular formula is C19H22ClN3O3. The number of methoxy groups -OCH3 is 1. The van der Waals surface area contributed by atoms with Crippen molar-refractivity contribution >= 4 is 22.6 Å². The smallest absolute Gasteiger partial charge is 0.264 e. The van der Waals surface area contributed by atoms with E-state index in [1.165, 1.54) is 15.5 Å². The fourth-order valence-corrected chi connectivity index (χ4v) is 2.84. The molecule has 0 saturated heterocycles. The third kappa shape index (κ3) is 3.51. The van der Waals surface area contributed by atoms with E-state index in [0.29, 0.717) is 12.1 Å². The number of pyridine rings is 1. The molecule has 0 fully saturated rings. The number of aryl methyl sites for hydroxylation is 1. The molecule has 0 radical (unpaired) electrons. The average molecular weight is 376 g/mol. The van der Waals surface area contributed by atoms with Crippen LogP contribution in [0.25, 0.3) is 11.0 Å². The van der Waals surface area contributed by atoms with E-state index in [-0.39, 0.29) is 27.2 Å². The summed E-state index contributed by atoms with van der Waals surface area (Å²) in [6, 6.07) is 7.41. The number of nitrogens with zero attached hydrogens (tertiary/aromatic N) is 3. The maximum atomic E-state index is 12.8. The molecule has 0 aliphatic heterocycles. The number of aromatic nitrogens is 3. The molecular weight excluding hydrogens is 354 g/mol. The standard InChI is InChI=1S/C17H16ClN3O3.C2H6/c1-10-14(18)13-15(20(2)16(10)22)19-9-21(17(13)23)8-11-4-6-12(24-3)7-5-11;1-2/h4-7,9H,8H2,1-3H3;1-2H3. The van der Waals surface area contributed by atoms with Gasteiger partial charge in [0.25, 0.3) is 11.1 Å². The van der Waals surface area contributed by atoms with Gasteiger partial charge < -0.3 is 4.74 Å². The third-order valence-electron chi connectivity index (χ3n) is 4.02. The monoisotopic (exact) mass is 375 g/mol. The van der Waals surface area contributed by atoms with E-state index in [1.807, 2.05) is 38.1 Å². The first kappa shape index (κ1) is 19.7. The second kappa shape index (κ2) is 8.19. The molecule has 2 aromatic heterocycles. The van der Waals surface area contributed by atoms with Gasteiger partial charge in [0.15, 0.2) is 5.65 Å². The van der Waals surface area contributed by atoms with Gasteiger partial charge in [-0.2, -0.15) is 0 Å². The number of hydrogen-bond donors (Lipinski definition) is 0. The van der Waals surface area contributed by atoms with E-state index >= 15 is 0 Å². The lowest BCUT2D eigenvalue weighted by molar-refractivity contribution is 0.414. The summed E-state index contributed by atoms with van der Waals surface area (Å²) in [5.74, 6) is 0.747. The first-order chi connectivity index (χ1) is 12.4. The number of benzene rings is 1. The zero-order valence-corrected chi connectivity index (χ0v) is 16.3. The first-order valence-corrected chi connectivity index (χ1v) is 8.69. The quantitative estimate of drug-likeness (QED) is 0.705. The van der Waals surface area contributed by atoms with Gasteiger partial charge in [-0.15, -0.1) is 0 Å². The van der Waals surface area contributed by atoms with E-state index in [0.717, 1.165) is 11.3 Å². The summed E-state index contributed by atoms with van der Waals surface area (Å²) in [6.07, 6.45) is 1.43. The summed E-state index contributed by atoms with van der Waals surface area (Å²) in [5.41, 5.74) is 1.02. The van der Waals surface area contributed by atoms with Crippen molar-refractivity contribution < 1.29 is 4.74 Å². The second-order valence-corrected chi connectivity index (χ2v) is 5.91. The summed E-state index contributed by atoms with van der Waals surface area (Å²) < 4.78 is 7.94. The highest BCUT2D eigenvalue weighted by Gasteiger charge is 2.16. The molecule has 7 heteroatoms. The predicted molar refractivity (Wildman–Crippen MR) is 104 cm³/mol. The van der Waals surface area contributed by atoms with Crippen molar-refractivity contribution in [2.45, 2.75) is 27.3 Å². The van der Waals surface area contributed by atoms with E-state index < -0.39 is 0 Å². The fourth-order valence-electron chi connectivity index (χ4n) is 2.60. The van der Waals surface area contributed by atoms with Crippen LogP contribution in [0.3, 0.4) is 0 Å². The van der Waals surface area contributed by atoms with Gasteiger partial charge in [0, 0.05) is 12.6 Å². The van der Waals surface area contributed by atoms with Gasteiger partial charge in [0.05, 0.1) is 18.7 Å². The normalized spacial score (nSPS) is 10.4. The SMILES string of the molecule is CC.COc1ccc(Cn2cnc3c(c(Cl)c(C)c(=O)n3C)c2=O)cc1. The molecule has 0 aliphatic rings. The van der Waals surface area contributed by atoms with Crippen LogP contribution in [0.1, 0.15) is 25.0 Å². The van der Waals surface area contributed by atoms with Crippen LogP contribution in [0.2, 0.25) is 5.02 Å². The van der Waals surface area contributed by atoms with Crippen molar-refractivity contribution in [2.75, 3.05) is 7.11 Å². The predicted octanol–water partition coefficient (Wildman–Crippen LogP) is 3.14. The molecule has 1 aromatic carbocycles. The number of rotatable bonds is 3. The number of ether oxygens (including phenoxy) is 1. The highest BCUT2D eigenvalue weighted by molar-refractivity contribution is 6.35. The minimum Gasteiger partial charge on any atom is -0.497 e. The number of hydrogen-bond acceptors (Lipinski definition) is 4. The molecule has 0 N–H and O–H groups in total. The van der Waals surface area contributed by atoms with Crippen molar-refractivity contribution in [3.8, 4) is 5.75 Å². The number of fused-ring (bicyclic) bond motifs is 1. The Morgan fingerprint density at radius 2 is 1.73 bits per heavy atom. The van der Waals surface area contributed by atoms with Crippen LogP contribution in [0.15, 0.2) is 40.2 Å². The van der Waals surface area contributed by atoms with Gasteiger partial charge in [-0.05, 0) is 24.6 Å². The Morgan fingerprint density at radius 3 is 2.31 bits per heavy atom. The van der Waals surface area contributed by atoms with Gasteiger partial charge in [0.1, 0.15) is 17.5 Å². The number of halogens is 1. The molecule has 0 bridgehead atoms. The van der Waals surface area contributed by atoms with Crippen LogP contribution in [0.5, 0.6) is 5.75 Å². The van der Waals surface area contributed by atoms with Crippen LogP contribution in [-0.4, -0.2) is 21.2 Å². The summed E-state index contributed by atoms with van der Waals surface area (Å²) >= 11 is 6.24. The van der Waals surface area contributed by atoms with Crippen LogP contribution in [0, 0.1) is 6.92 Å². The molecule has 26 heavy (non-hydrogen) atoms. The zero-order chi connectivity index (χ0) is 19.4. The van der Waals surface area contributed by atoms with Crippen molar-refractivity contribution in [1.29, 1.82) is 0 Å². The summed E-state index contributed by atoms with van der Waals surface area (Å²) in [7, 11) is 3.18. The topological polar surface area (TPSA) is 66.1 Å². The second-order valence-electron chi connectivity index (χ2n) is 5.53. The lowest BCUT2D eigenvalue weighted by Gasteiger charge is -2.11. The molecule has 138 valence electrons. The first-order valence-electron chi connectivity index (χ1n) is 8.31. The molecule has 0 spiro atoms. The summed E-state index contributed by atoms with van der Waals surface area (Å²) in [5, 5.41) is 0.418. The zero-order valence-electron chi connectivity index (χ0n) is 15.5. The third-order valence-corrected chi connectivity index (χ3v) is 4.49. The van der Waals surface area contributed by atoms with Crippen LogP contribution in [-0.2, 0) is 13.6 Å². The van der Waals surface area contributed by atoms with Gasteiger partial charge in [-0.25, -0.2) is 4.98 Å². The molecule has 2 heterocycles. The highest BCUT2D eigenvalue weighted by atomic mass is 35.5. The van der Waals surface area contributed by atoms with Crippen LogP contribution >= 0.6 is 11.6 Å². The Balaban J connectivity index is 0.00000117. The molecule has 6 nitrogen and oxygen atoms in total. The van der Waals surface area contributed by atoms with Crippen LogP contribution in [0.4, 0.5) is 0 Å². The Labute approximate surface area is 156 Å². The van der Waals surface area contributed by atoms with Crippen molar-refractivity contribution in [2.24, 2.45) is 7.05 Å². The Kier molecular flexibility index (Phi) is 6.21. The maximum absolute atomic E-state index is 12.8. The fraction of sp³-hybridized carbons (Fsp3) is 0.316. The van der Waals surface area contributed by atoms with Crippen molar-refractivity contribution in [3.63, 3.8) is 0 Å². The van der Waals surface area contributed by atoms with Gasteiger partial charge >= 0.3 is 0 Å². The molecule has 0 unspecified atom stereocenters. The lowest BCUT2D eigenvalue weighted by atomic mass is 10.2. The Bertz CT molecular complexity index is 1040. The maximum Gasteiger partial charge on any atom is 0.264 e. The minimum absolute atomic E-state index is 0.162. The largest absolute Gasteiger partial charge is 0.497 e. The minimum atomic E-state index is -0.278. The van der Waals surface area contributed by atoms with Crippen molar-refractivity contribution in [1.82, 2.24) is 14.1 Å². The van der Waals surface area contributed by atoms with Gasteiger partial charge in [-0.3, -0.25) is 18.7 Å². The highest BCUT2D eigenvalue weighted by Crippen LogP contribution is 2.20. The van der Waals surface area contributed by atoms with E-state index in [2.05, 4.69) is 4.98 Å². The summed E-state index contributed by atoms with van der Waals surface area (Å²) in [6.45, 7) is 5.95. The Hall–Kier alpha value is -2.60. The molecule has 3 rings (SSSR count). The van der Waals surface area contributed by atoms with E-state index in [9.17, 15) is 9.59 Å². The average Bonchev–Trinajstić information content (AvgIpc) is 2.68. The Morgan fingerprint density at radius 1 is 1.12 bits per heavy atom. The molecule has 0 aliphatic carbocycles. The lowest BCUT2D eigenvalue weighted by Crippen LogP contribution is -2.27. The van der Waals surface area contributed by atoms with E-state index in [4.69, 9.17) is 16.3 Å². The summed E-state index contributed by atoms with van der Waals surface area (Å²) in [4.78, 5) is 29.1. The van der Waals surface area contributed by atoms with Crippen molar-refractivity contribution in [3.05, 3.63) is 67.4 Å². The molecule has 0 atom stereocenters. The van der Waals surface area contributed by atoms with Gasteiger partial charge in [0.2, 0.25) is 0 Å². The molecule has 3 aromatic rings.